The highest BCUT2D eigenvalue weighted by molar-refractivity contribution is 6.00. The Morgan fingerprint density at radius 2 is 1.75 bits per heavy atom. The number of hydrogen-bond acceptors (Lipinski definition) is 6. The van der Waals surface area contributed by atoms with E-state index in [9.17, 15) is 9.59 Å². The van der Waals surface area contributed by atoms with Crippen LogP contribution >= 0.6 is 0 Å². The Bertz CT molecular complexity index is 1710. The number of benzene rings is 1. The molecule has 9 heteroatoms. The number of aromatic nitrogens is 5. The number of carbonyl (C=O) groups is 2. The Morgan fingerprint density at radius 1 is 0.975 bits per heavy atom. The lowest BCUT2D eigenvalue weighted by Gasteiger charge is -2.39. The molecule has 2 aliphatic rings. The topological polar surface area (TPSA) is 122 Å². The average Bonchev–Trinajstić information content (AvgIpc) is 3.71. The summed E-state index contributed by atoms with van der Waals surface area (Å²) in [7, 11) is 0. The summed E-state index contributed by atoms with van der Waals surface area (Å²) in [6, 6.07) is 16.0. The van der Waals surface area contributed by atoms with Crippen molar-refractivity contribution in [2.45, 2.75) is 50.6 Å². The van der Waals surface area contributed by atoms with Gasteiger partial charge in [0.1, 0.15) is 5.82 Å². The van der Waals surface area contributed by atoms with Crippen molar-refractivity contribution in [3.63, 3.8) is 0 Å². The van der Waals surface area contributed by atoms with E-state index in [-0.39, 0.29) is 29.7 Å². The molecule has 0 aliphatic carbocycles. The second kappa shape index (κ2) is 9.44. The summed E-state index contributed by atoms with van der Waals surface area (Å²) < 4.78 is 1.56. The fraction of sp³-hybridized carbons (Fsp3) is 0.258. The molecule has 200 valence electrons. The minimum absolute atomic E-state index is 0.0142. The largest absolute Gasteiger partial charge is 0.383 e. The van der Waals surface area contributed by atoms with E-state index in [0.29, 0.717) is 28.3 Å². The number of nitrogens with two attached hydrogens (primary N) is 1. The number of carbonyl (C=O) groups excluding carboxylic acids is 2. The highest BCUT2D eigenvalue weighted by Crippen LogP contribution is 2.45. The Hall–Kier alpha value is -4.79. The van der Waals surface area contributed by atoms with Crippen LogP contribution in [0.4, 0.5) is 5.82 Å². The first-order chi connectivity index (χ1) is 19.5. The highest BCUT2D eigenvalue weighted by Gasteiger charge is 2.45. The van der Waals surface area contributed by atoms with Gasteiger partial charge in [-0.05, 0) is 44.7 Å². The molecule has 2 fully saturated rings. The molecule has 0 spiro atoms. The summed E-state index contributed by atoms with van der Waals surface area (Å²) in [4.78, 5) is 40.9. The van der Waals surface area contributed by atoms with E-state index >= 15 is 0 Å². The van der Waals surface area contributed by atoms with Crippen molar-refractivity contribution >= 4 is 23.2 Å². The average molecular weight is 532 g/mol. The lowest BCUT2D eigenvalue weighted by molar-refractivity contribution is 0.0568. The number of aromatic amines is 1. The smallest absolute Gasteiger partial charge is 0.255 e. The third-order valence-corrected chi connectivity index (χ3v) is 8.41. The van der Waals surface area contributed by atoms with Crippen LogP contribution in [-0.2, 0) is 0 Å². The van der Waals surface area contributed by atoms with Crippen LogP contribution in [0, 0.1) is 0 Å². The molecule has 5 aromatic rings. The van der Waals surface area contributed by atoms with Gasteiger partial charge in [-0.3, -0.25) is 14.6 Å². The lowest BCUT2D eigenvalue weighted by atomic mass is 9.85. The Kier molecular flexibility index (Phi) is 5.73. The van der Waals surface area contributed by atoms with Crippen LogP contribution < -0.4 is 5.73 Å². The third-order valence-electron chi connectivity index (χ3n) is 8.41. The van der Waals surface area contributed by atoms with E-state index in [0.717, 1.165) is 48.1 Å². The maximum Gasteiger partial charge on any atom is 0.255 e. The van der Waals surface area contributed by atoms with Crippen LogP contribution in [-0.4, -0.2) is 53.2 Å². The number of hydrogen-bond donors (Lipinski definition) is 2. The number of nitrogen functional groups attached to an aromatic ring is 1. The van der Waals surface area contributed by atoms with Crippen molar-refractivity contribution in [2.75, 3.05) is 5.73 Å². The van der Waals surface area contributed by atoms with Gasteiger partial charge in [0.15, 0.2) is 11.4 Å². The number of ketones is 1. The molecule has 6 heterocycles. The fourth-order valence-electron chi connectivity index (χ4n) is 6.56. The number of nitrogens with zero attached hydrogens (tertiary/aromatic N) is 5. The van der Waals surface area contributed by atoms with Crippen molar-refractivity contribution in [1.29, 1.82) is 0 Å². The van der Waals surface area contributed by atoms with E-state index in [1.54, 1.807) is 23.1 Å². The molecule has 2 saturated heterocycles. The van der Waals surface area contributed by atoms with Gasteiger partial charge < -0.3 is 15.6 Å². The van der Waals surface area contributed by atoms with E-state index in [1.165, 1.54) is 6.92 Å². The molecule has 0 unspecified atom stereocenters. The van der Waals surface area contributed by atoms with Crippen LogP contribution in [0.1, 0.15) is 64.9 Å². The van der Waals surface area contributed by atoms with E-state index in [1.807, 2.05) is 59.6 Å². The van der Waals surface area contributed by atoms with Gasteiger partial charge in [-0.1, -0.05) is 36.4 Å². The van der Waals surface area contributed by atoms with Crippen LogP contribution in [0.2, 0.25) is 0 Å². The van der Waals surface area contributed by atoms with Crippen molar-refractivity contribution in [2.24, 2.45) is 0 Å². The van der Waals surface area contributed by atoms with Crippen molar-refractivity contribution in [1.82, 2.24) is 29.5 Å². The lowest BCUT2D eigenvalue weighted by Crippen LogP contribution is -2.46. The first-order valence-electron chi connectivity index (χ1n) is 13.6. The van der Waals surface area contributed by atoms with Gasteiger partial charge in [0.2, 0.25) is 0 Å². The highest BCUT2D eigenvalue weighted by atomic mass is 16.2. The number of H-pyrrole nitrogens is 1. The molecule has 1 aromatic carbocycles. The molecule has 0 saturated carbocycles. The van der Waals surface area contributed by atoms with Crippen LogP contribution in [0.5, 0.6) is 0 Å². The molecule has 2 atom stereocenters. The first kappa shape index (κ1) is 24.3. The second-order valence-corrected chi connectivity index (χ2v) is 10.8. The zero-order chi connectivity index (χ0) is 27.4. The first-order valence-corrected chi connectivity index (χ1v) is 13.6. The van der Waals surface area contributed by atoms with E-state index in [2.05, 4.69) is 15.1 Å². The zero-order valence-electron chi connectivity index (χ0n) is 22.1. The minimum atomic E-state index is -0.133. The number of anilines is 1. The van der Waals surface area contributed by atoms with E-state index < -0.39 is 0 Å². The predicted octanol–water partition coefficient (Wildman–Crippen LogP) is 5.12. The van der Waals surface area contributed by atoms with Crippen LogP contribution in [0.15, 0.2) is 73.3 Å². The molecule has 4 aromatic heterocycles. The van der Waals surface area contributed by atoms with Crippen LogP contribution in [0.3, 0.4) is 0 Å². The summed E-state index contributed by atoms with van der Waals surface area (Å²) in [5, 5.41) is 4.50. The Labute approximate surface area is 231 Å². The summed E-state index contributed by atoms with van der Waals surface area (Å²) in [5.74, 6) is 0.239. The Morgan fingerprint density at radius 3 is 2.40 bits per heavy atom. The number of fused-ring (bicyclic) bond motifs is 3. The van der Waals surface area contributed by atoms with Gasteiger partial charge in [0, 0.05) is 53.3 Å². The molecule has 9 nitrogen and oxygen atoms in total. The zero-order valence-corrected chi connectivity index (χ0v) is 22.1. The third kappa shape index (κ3) is 3.88. The molecule has 2 aliphatic heterocycles. The normalized spacial score (nSPS) is 20.2. The number of Topliss-reactive ketones (excluding diaryl/α,β-unsaturated/α-hetero) is 1. The minimum Gasteiger partial charge on any atom is -0.383 e. The number of amides is 1. The van der Waals surface area contributed by atoms with Crippen molar-refractivity contribution in [3.8, 4) is 22.4 Å². The molecule has 0 radical (unpaired) electrons. The van der Waals surface area contributed by atoms with Crippen LogP contribution in [0.25, 0.3) is 28.0 Å². The van der Waals surface area contributed by atoms with Gasteiger partial charge in [0.25, 0.3) is 5.91 Å². The van der Waals surface area contributed by atoms with Gasteiger partial charge in [-0.15, -0.1) is 0 Å². The number of piperidine rings is 1. The monoisotopic (exact) mass is 531 g/mol. The van der Waals surface area contributed by atoms with Crippen molar-refractivity contribution in [3.05, 3.63) is 90.1 Å². The number of pyridine rings is 1. The maximum atomic E-state index is 13.2. The maximum absolute atomic E-state index is 13.2. The SMILES string of the molecule is CC(=O)c1c(C2C[C@H]3CC[C@H](C2)N3C(=O)c2cc[nH]c2)nc2c(-c3ccc(-c4ccccc4)nc3)cnn2c1N. The van der Waals surface area contributed by atoms with Gasteiger partial charge in [-0.25, -0.2) is 4.98 Å². The Balaban J connectivity index is 1.26. The summed E-state index contributed by atoms with van der Waals surface area (Å²) in [6.07, 6.45) is 10.5. The molecule has 7 rings (SSSR count). The number of rotatable bonds is 5. The molecular formula is C31H29N7O2. The molecule has 3 N–H and O–H groups in total. The van der Waals surface area contributed by atoms with Crippen molar-refractivity contribution < 1.29 is 9.59 Å². The standard InChI is InChI=1S/C31H29N7O2/c1-18(39)27-28(22-13-23-8-9-24(14-22)37(23)31(40)21-11-12-33-15-21)36-30-25(17-35-38(30)29(27)32)20-7-10-26(34-16-20)19-5-3-2-4-6-19/h2-7,10-12,15-17,22-24,33H,8-9,13-14,32H2,1H3/t23-,24-/m1/s1. The summed E-state index contributed by atoms with van der Waals surface area (Å²) >= 11 is 0. The molecular weight excluding hydrogens is 502 g/mol. The number of nitrogens with one attached hydrogen (secondary N) is 1. The quantitative estimate of drug-likeness (QED) is 0.304. The van der Waals surface area contributed by atoms with Gasteiger partial charge in [-0.2, -0.15) is 9.61 Å². The molecule has 40 heavy (non-hydrogen) atoms. The van der Waals surface area contributed by atoms with Gasteiger partial charge >= 0.3 is 0 Å². The summed E-state index contributed by atoms with van der Waals surface area (Å²) in [6.45, 7) is 1.53. The summed E-state index contributed by atoms with van der Waals surface area (Å²) in [5.41, 5.74) is 12.6. The van der Waals surface area contributed by atoms with Gasteiger partial charge in [0.05, 0.1) is 28.7 Å². The fourth-order valence-corrected chi connectivity index (χ4v) is 6.56. The molecule has 2 bridgehead atoms. The van der Waals surface area contributed by atoms with E-state index in [4.69, 9.17) is 10.7 Å². The predicted molar refractivity (Wildman–Crippen MR) is 152 cm³/mol. The second-order valence-electron chi connectivity index (χ2n) is 10.8. The molecule has 1 amide bonds.